The first-order valence-corrected chi connectivity index (χ1v) is 6.21. The minimum atomic E-state index is 0. The largest absolute Gasteiger partial charge is 0.370 e. The number of hydrogen-bond acceptors (Lipinski definition) is 3. The fraction of sp³-hybridized carbons (Fsp3) is 0.462. The predicted octanol–water partition coefficient (Wildman–Crippen LogP) is 1.75. The highest BCUT2D eigenvalue weighted by molar-refractivity contribution is 5.85. The van der Waals surface area contributed by atoms with E-state index in [2.05, 4.69) is 33.3 Å². The van der Waals surface area contributed by atoms with Gasteiger partial charge >= 0.3 is 0 Å². The van der Waals surface area contributed by atoms with Crippen LogP contribution < -0.4 is 5.32 Å². The maximum atomic E-state index is 5.97. The standard InChI is InChI=1S/C13H15N3O.ClH/c1-2-4-11-10(3-1)12-13(9-7-14-8-9)17-6-5-16(12)15-11;/h1-4,9,13-14H,5-8H2;1H. The molecule has 5 heteroatoms. The predicted molar refractivity (Wildman–Crippen MR) is 72.0 cm³/mol. The number of hydrogen-bond donors (Lipinski definition) is 1. The Kier molecular flexibility index (Phi) is 3.01. The zero-order chi connectivity index (χ0) is 11.2. The summed E-state index contributed by atoms with van der Waals surface area (Å²) in [6.07, 6.45) is 0.220. The molecule has 0 spiro atoms. The van der Waals surface area contributed by atoms with Gasteiger partial charge in [-0.2, -0.15) is 5.10 Å². The average molecular weight is 266 g/mol. The smallest absolute Gasteiger partial charge is 0.105 e. The van der Waals surface area contributed by atoms with Gasteiger partial charge in [0.1, 0.15) is 6.10 Å². The van der Waals surface area contributed by atoms with E-state index in [0.717, 1.165) is 31.8 Å². The van der Waals surface area contributed by atoms with Gasteiger partial charge in [0.25, 0.3) is 0 Å². The van der Waals surface area contributed by atoms with Crippen molar-refractivity contribution in [2.45, 2.75) is 12.6 Å². The molecule has 2 aliphatic heterocycles. The van der Waals surface area contributed by atoms with E-state index < -0.39 is 0 Å². The van der Waals surface area contributed by atoms with Crippen molar-refractivity contribution >= 4 is 23.3 Å². The minimum Gasteiger partial charge on any atom is -0.370 e. The number of ether oxygens (including phenoxy) is 1. The van der Waals surface area contributed by atoms with Crippen molar-refractivity contribution in [3.05, 3.63) is 30.0 Å². The second-order valence-corrected chi connectivity index (χ2v) is 4.84. The van der Waals surface area contributed by atoms with Crippen LogP contribution in [-0.2, 0) is 11.3 Å². The van der Waals surface area contributed by atoms with Gasteiger partial charge in [0, 0.05) is 24.4 Å². The van der Waals surface area contributed by atoms with E-state index >= 15 is 0 Å². The minimum absolute atomic E-state index is 0. The molecular formula is C13H16ClN3O. The van der Waals surface area contributed by atoms with Gasteiger partial charge in [-0.25, -0.2) is 0 Å². The lowest BCUT2D eigenvalue weighted by Gasteiger charge is -2.37. The molecule has 2 aromatic rings. The normalized spacial score (nSPS) is 23.2. The van der Waals surface area contributed by atoms with Gasteiger partial charge in [0.15, 0.2) is 0 Å². The Morgan fingerprint density at radius 3 is 2.89 bits per heavy atom. The average Bonchev–Trinajstić information content (AvgIpc) is 2.66. The molecule has 0 bridgehead atoms. The summed E-state index contributed by atoms with van der Waals surface area (Å²) in [5.74, 6) is 0.606. The van der Waals surface area contributed by atoms with Crippen LogP contribution in [0.4, 0.5) is 0 Å². The van der Waals surface area contributed by atoms with Crippen molar-refractivity contribution in [3.63, 3.8) is 0 Å². The van der Waals surface area contributed by atoms with Gasteiger partial charge in [-0.05, 0) is 6.07 Å². The molecule has 3 heterocycles. The molecule has 4 nitrogen and oxygen atoms in total. The number of fused-ring (bicyclic) bond motifs is 3. The second-order valence-electron chi connectivity index (χ2n) is 4.84. The van der Waals surface area contributed by atoms with Gasteiger partial charge in [-0.3, -0.25) is 4.68 Å². The first-order valence-electron chi connectivity index (χ1n) is 6.21. The lowest BCUT2D eigenvalue weighted by atomic mass is 9.92. The Bertz CT molecular complexity index is 564. The number of rotatable bonds is 1. The molecule has 1 unspecified atom stereocenters. The van der Waals surface area contributed by atoms with Crippen molar-refractivity contribution in [1.29, 1.82) is 0 Å². The van der Waals surface area contributed by atoms with Crippen LogP contribution in [0.25, 0.3) is 10.9 Å². The van der Waals surface area contributed by atoms with E-state index in [0.29, 0.717) is 5.92 Å². The molecule has 1 aromatic heterocycles. The summed E-state index contributed by atoms with van der Waals surface area (Å²) in [6.45, 7) is 3.77. The summed E-state index contributed by atoms with van der Waals surface area (Å²) in [5, 5.41) is 9.23. The first-order chi connectivity index (χ1) is 8.43. The van der Waals surface area contributed by atoms with Crippen LogP contribution in [0.15, 0.2) is 24.3 Å². The summed E-state index contributed by atoms with van der Waals surface area (Å²) in [7, 11) is 0. The molecule has 4 rings (SSSR count). The first kappa shape index (κ1) is 12.0. The molecule has 1 aromatic carbocycles. The molecule has 0 amide bonds. The third-order valence-corrected chi connectivity index (χ3v) is 3.80. The molecule has 1 saturated heterocycles. The SMILES string of the molecule is Cl.c1ccc2c3n(nc2c1)CCOC3C1CNC1. The van der Waals surface area contributed by atoms with E-state index in [1.165, 1.54) is 11.1 Å². The summed E-state index contributed by atoms with van der Waals surface area (Å²) in [4.78, 5) is 0. The molecule has 0 radical (unpaired) electrons. The Hall–Kier alpha value is -1.10. The number of aromatic nitrogens is 2. The molecule has 96 valence electrons. The van der Waals surface area contributed by atoms with Gasteiger partial charge < -0.3 is 10.1 Å². The van der Waals surface area contributed by atoms with Crippen molar-refractivity contribution in [2.24, 2.45) is 5.92 Å². The number of halogens is 1. The van der Waals surface area contributed by atoms with Gasteiger partial charge in [0.2, 0.25) is 0 Å². The highest BCUT2D eigenvalue weighted by Gasteiger charge is 2.35. The van der Waals surface area contributed by atoms with Crippen LogP contribution in [-0.4, -0.2) is 29.5 Å². The summed E-state index contributed by atoms with van der Waals surface area (Å²) in [5.41, 5.74) is 2.36. The van der Waals surface area contributed by atoms with Crippen LogP contribution in [0.3, 0.4) is 0 Å². The molecule has 1 N–H and O–H groups in total. The lowest BCUT2D eigenvalue weighted by Crippen LogP contribution is -2.47. The number of nitrogens with zero attached hydrogens (tertiary/aromatic N) is 2. The van der Waals surface area contributed by atoms with Crippen molar-refractivity contribution < 1.29 is 4.74 Å². The van der Waals surface area contributed by atoms with E-state index in [4.69, 9.17) is 4.74 Å². The van der Waals surface area contributed by atoms with Crippen molar-refractivity contribution in [3.8, 4) is 0 Å². The number of benzene rings is 1. The molecule has 2 aliphatic rings. The van der Waals surface area contributed by atoms with Crippen LogP contribution in [0, 0.1) is 5.92 Å². The third kappa shape index (κ3) is 1.64. The van der Waals surface area contributed by atoms with E-state index in [1.807, 2.05) is 6.07 Å². The monoisotopic (exact) mass is 265 g/mol. The molecule has 1 fully saturated rings. The zero-order valence-electron chi connectivity index (χ0n) is 10.0. The molecule has 0 aliphatic carbocycles. The maximum Gasteiger partial charge on any atom is 0.105 e. The van der Waals surface area contributed by atoms with E-state index in [9.17, 15) is 0 Å². The van der Waals surface area contributed by atoms with Crippen LogP contribution >= 0.6 is 12.4 Å². The molecule has 18 heavy (non-hydrogen) atoms. The third-order valence-electron chi connectivity index (χ3n) is 3.80. The zero-order valence-corrected chi connectivity index (χ0v) is 10.8. The van der Waals surface area contributed by atoms with Crippen LogP contribution in [0.5, 0.6) is 0 Å². The van der Waals surface area contributed by atoms with E-state index in [1.54, 1.807) is 0 Å². The van der Waals surface area contributed by atoms with Crippen molar-refractivity contribution in [2.75, 3.05) is 19.7 Å². The Morgan fingerprint density at radius 2 is 2.11 bits per heavy atom. The van der Waals surface area contributed by atoms with Crippen LogP contribution in [0.1, 0.15) is 11.8 Å². The highest BCUT2D eigenvalue weighted by atomic mass is 35.5. The fourth-order valence-electron chi connectivity index (χ4n) is 2.80. The maximum absolute atomic E-state index is 5.97. The van der Waals surface area contributed by atoms with Crippen molar-refractivity contribution in [1.82, 2.24) is 15.1 Å². The molecule has 0 saturated carbocycles. The lowest BCUT2D eigenvalue weighted by molar-refractivity contribution is -0.0338. The Balaban J connectivity index is 0.000001000. The summed E-state index contributed by atoms with van der Waals surface area (Å²) < 4.78 is 8.11. The highest BCUT2D eigenvalue weighted by Crippen LogP contribution is 2.35. The summed E-state index contributed by atoms with van der Waals surface area (Å²) in [6, 6.07) is 8.36. The van der Waals surface area contributed by atoms with Gasteiger partial charge in [-0.1, -0.05) is 18.2 Å². The van der Waals surface area contributed by atoms with Gasteiger partial charge in [0.05, 0.1) is 24.4 Å². The Morgan fingerprint density at radius 1 is 1.28 bits per heavy atom. The number of nitrogens with one attached hydrogen (secondary N) is 1. The van der Waals surface area contributed by atoms with E-state index in [-0.39, 0.29) is 18.5 Å². The fourth-order valence-corrected chi connectivity index (χ4v) is 2.80. The molecular weight excluding hydrogens is 250 g/mol. The summed E-state index contributed by atoms with van der Waals surface area (Å²) >= 11 is 0. The van der Waals surface area contributed by atoms with Gasteiger partial charge in [-0.15, -0.1) is 12.4 Å². The molecule has 1 atom stereocenters. The van der Waals surface area contributed by atoms with Crippen LogP contribution in [0.2, 0.25) is 0 Å². The quantitative estimate of drug-likeness (QED) is 0.854. The Labute approximate surface area is 112 Å². The second kappa shape index (κ2) is 4.53. The topological polar surface area (TPSA) is 39.1 Å².